The highest BCUT2D eigenvalue weighted by atomic mass is 19.4. The predicted molar refractivity (Wildman–Crippen MR) is 71.3 cm³/mol. The molecule has 2 saturated heterocycles. The number of ether oxygens (including phenoxy) is 2. The summed E-state index contributed by atoms with van der Waals surface area (Å²) in [5.41, 5.74) is -1.33. The molecule has 2 aliphatic heterocycles. The Kier molecular flexibility index (Phi) is 4.13. The van der Waals surface area contributed by atoms with E-state index in [0.29, 0.717) is 25.1 Å². The van der Waals surface area contributed by atoms with E-state index in [0.717, 1.165) is 6.42 Å². The molecule has 0 aromatic carbocycles. The summed E-state index contributed by atoms with van der Waals surface area (Å²) in [7, 11) is 0. The monoisotopic (exact) mass is 331 g/mol. The number of nitrogens with zero attached hydrogens (tertiary/aromatic N) is 2. The van der Waals surface area contributed by atoms with Gasteiger partial charge in [-0.05, 0) is 12.8 Å². The third-order valence-corrected chi connectivity index (χ3v) is 4.05. The molecule has 1 N–H and O–H groups in total. The summed E-state index contributed by atoms with van der Waals surface area (Å²) in [5.74, 6) is -1.87. The van der Waals surface area contributed by atoms with E-state index >= 15 is 0 Å². The van der Waals surface area contributed by atoms with Gasteiger partial charge in [-0.3, -0.25) is 10.3 Å². The molecule has 2 aliphatic rings. The maximum atomic E-state index is 12.5. The first kappa shape index (κ1) is 16.0. The number of piperidine rings is 2. The number of carbonyl (C=O) groups excluding carboxylic acids is 1. The van der Waals surface area contributed by atoms with Gasteiger partial charge in [-0.2, -0.15) is 13.2 Å². The van der Waals surface area contributed by atoms with Crippen LogP contribution in [-0.4, -0.2) is 40.0 Å². The van der Waals surface area contributed by atoms with Gasteiger partial charge >= 0.3 is 12.1 Å². The molecule has 2 bridgehead atoms. The number of alkyl halides is 3. The van der Waals surface area contributed by atoms with E-state index < -0.39 is 17.9 Å². The molecule has 0 unspecified atom stereocenters. The normalized spacial score (nSPS) is 30.6. The Morgan fingerprint density at radius 1 is 1.39 bits per heavy atom. The van der Waals surface area contributed by atoms with E-state index in [1.807, 2.05) is 0 Å². The number of esters is 1. The Labute approximate surface area is 130 Å². The summed E-state index contributed by atoms with van der Waals surface area (Å²) >= 11 is 0. The van der Waals surface area contributed by atoms with Gasteiger partial charge in [-0.15, -0.1) is 0 Å². The van der Waals surface area contributed by atoms with E-state index in [1.165, 1.54) is 18.6 Å². The number of nitrogens with one attached hydrogen (secondary N) is 1. The summed E-state index contributed by atoms with van der Waals surface area (Å²) in [6.07, 6.45) is 1.57. The van der Waals surface area contributed by atoms with Crippen LogP contribution >= 0.6 is 0 Å². The fourth-order valence-electron chi connectivity index (χ4n) is 3.22. The average molecular weight is 331 g/mol. The number of halogens is 3. The lowest BCUT2D eigenvalue weighted by Crippen LogP contribution is -2.63. The van der Waals surface area contributed by atoms with Crippen molar-refractivity contribution in [1.82, 2.24) is 15.3 Å². The molecular formula is C14H16F3N3O3. The molecule has 3 rings (SSSR count). The third-order valence-electron chi connectivity index (χ3n) is 4.05. The smallest absolute Gasteiger partial charge is 0.473 e. The van der Waals surface area contributed by atoms with Crippen LogP contribution in [0.4, 0.5) is 13.2 Å². The maximum Gasteiger partial charge on any atom is 0.490 e. The van der Waals surface area contributed by atoms with Crippen molar-refractivity contribution in [3.05, 3.63) is 18.6 Å². The van der Waals surface area contributed by atoms with Crippen molar-refractivity contribution < 1.29 is 27.4 Å². The molecule has 3 heterocycles. The van der Waals surface area contributed by atoms with Gasteiger partial charge in [0.05, 0.1) is 6.20 Å². The second kappa shape index (κ2) is 5.95. The largest absolute Gasteiger partial charge is 0.490 e. The summed E-state index contributed by atoms with van der Waals surface area (Å²) in [6, 6.07) is -0.0554. The number of aromatic nitrogens is 2. The quantitative estimate of drug-likeness (QED) is 0.854. The minimum atomic E-state index is -5.01. The van der Waals surface area contributed by atoms with Crippen LogP contribution in [0.1, 0.15) is 32.1 Å². The number of hydrogen-bond acceptors (Lipinski definition) is 6. The average Bonchev–Trinajstić information content (AvgIpc) is 2.46. The summed E-state index contributed by atoms with van der Waals surface area (Å²) in [5, 5.41) is 3.03. The Hall–Kier alpha value is -1.90. The molecule has 3 atom stereocenters. The highest BCUT2D eigenvalue weighted by molar-refractivity contribution is 5.76. The van der Waals surface area contributed by atoms with Crippen molar-refractivity contribution in [2.24, 2.45) is 0 Å². The van der Waals surface area contributed by atoms with E-state index in [4.69, 9.17) is 9.47 Å². The van der Waals surface area contributed by atoms with Gasteiger partial charge in [0, 0.05) is 37.7 Å². The Morgan fingerprint density at radius 2 is 2.22 bits per heavy atom. The van der Waals surface area contributed by atoms with Crippen LogP contribution in [0, 0.1) is 0 Å². The van der Waals surface area contributed by atoms with Crippen LogP contribution in [-0.2, 0) is 9.53 Å². The molecular weight excluding hydrogens is 315 g/mol. The van der Waals surface area contributed by atoms with Crippen molar-refractivity contribution in [2.75, 3.05) is 0 Å². The topological polar surface area (TPSA) is 73.3 Å². The zero-order valence-corrected chi connectivity index (χ0v) is 12.2. The molecule has 0 saturated carbocycles. The third kappa shape index (κ3) is 3.72. The summed E-state index contributed by atoms with van der Waals surface area (Å²) in [4.78, 5) is 19.1. The Balaban J connectivity index is 1.73. The van der Waals surface area contributed by atoms with Crippen molar-refractivity contribution in [3.63, 3.8) is 0 Å². The SMILES string of the molecule is O=C(O[C@]12CCC[C@@H](C[C@H](Oc3cnccn3)C1)N2)C(F)(F)F. The van der Waals surface area contributed by atoms with Gasteiger partial charge in [0.15, 0.2) is 5.72 Å². The first-order valence-electron chi connectivity index (χ1n) is 7.37. The van der Waals surface area contributed by atoms with Gasteiger partial charge in [0.25, 0.3) is 0 Å². The molecule has 1 aromatic heterocycles. The van der Waals surface area contributed by atoms with E-state index in [1.54, 1.807) is 0 Å². The zero-order chi connectivity index (χ0) is 16.5. The minimum Gasteiger partial charge on any atom is -0.473 e. The maximum absolute atomic E-state index is 12.5. The Bertz CT molecular complexity index is 569. The van der Waals surface area contributed by atoms with Crippen LogP contribution in [0.2, 0.25) is 0 Å². The van der Waals surface area contributed by atoms with Crippen LogP contribution in [0.5, 0.6) is 5.88 Å². The van der Waals surface area contributed by atoms with Crippen LogP contribution < -0.4 is 10.1 Å². The number of hydrogen-bond donors (Lipinski definition) is 1. The van der Waals surface area contributed by atoms with Crippen LogP contribution in [0.3, 0.4) is 0 Å². The zero-order valence-electron chi connectivity index (χ0n) is 12.2. The standard InChI is InChI=1S/C14H16F3N3O3/c15-14(16,17)12(21)23-13-3-1-2-9(20-13)6-10(7-13)22-11-8-18-4-5-19-11/h4-5,8-10,20H,1-3,6-7H2/t9-,10-,13+/m0/s1. The molecule has 23 heavy (non-hydrogen) atoms. The molecule has 126 valence electrons. The summed E-state index contributed by atoms with van der Waals surface area (Å²) in [6.45, 7) is 0. The molecule has 6 nitrogen and oxygen atoms in total. The fourth-order valence-corrected chi connectivity index (χ4v) is 3.22. The molecule has 0 aliphatic carbocycles. The second-order valence-electron chi connectivity index (χ2n) is 5.84. The van der Waals surface area contributed by atoms with E-state index in [9.17, 15) is 18.0 Å². The second-order valence-corrected chi connectivity index (χ2v) is 5.84. The molecule has 2 fully saturated rings. The van der Waals surface area contributed by atoms with Gasteiger partial charge in [-0.25, -0.2) is 9.78 Å². The fraction of sp³-hybridized carbons (Fsp3) is 0.643. The predicted octanol–water partition coefficient (Wildman–Crippen LogP) is 1.96. The van der Waals surface area contributed by atoms with Crippen molar-refractivity contribution in [2.45, 2.75) is 56.2 Å². The lowest BCUT2D eigenvalue weighted by Gasteiger charge is -2.47. The lowest BCUT2D eigenvalue weighted by atomic mass is 9.82. The molecule has 9 heteroatoms. The summed E-state index contributed by atoms with van der Waals surface area (Å²) < 4.78 is 48.0. The number of fused-ring (bicyclic) bond motifs is 2. The Morgan fingerprint density at radius 3 is 2.91 bits per heavy atom. The lowest BCUT2D eigenvalue weighted by molar-refractivity contribution is -0.226. The first-order valence-corrected chi connectivity index (χ1v) is 7.37. The van der Waals surface area contributed by atoms with Crippen LogP contribution in [0.15, 0.2) is 18.6 Å². The minimum absolute atomic E-state index is 0.0554. The van der Waals surface area contributed by atoms with Gasteiger partial charge < -0.3 is 9.47 Å². The van der Waals surface area contributed by atoms with Gasteiger partial charge in [-0.1, -0.05) is 0 Å². The van der Waals surface area contributed by atoms with Crippen molar-refractivity contribution >= 4 is 5.97 Å². The molecule has 1 aromatic rings. The molecule has 0 spiro atoms. The first-order chi connectivity index (χ1) is 10.9. The van der Waals surface area contributed by atoms with Gasteiger partial charge in [0.1, 0.15) is 6.10 Å². The number of carbonyl (C=O) groups is 1. The molecule has 0 radical (unpaired) electrons. The van der Waals surface area contributed by atoms with Crippen molar-refractivity contribution in [1.29, 1.82) is 0 Å². The highest BCUT2D eigenvalue weighted by Gasteiger charge is 2.51. The van der Waals surface area contributed by atoms with Crippen LogP contribution in [0.25, 0.3) is 0 Å². The van der Waals surface area contributed by atoms with Crippen molar-refractivity contribution in [3.8, 4) is 5.88 Å². The molecule has 0 amide bonds. The highest BCUT2D eigenvalue weighted by Crippen LogP contribution is 2.37. The van der Waals surface area contributed by atoms with E-state index in [-0.39, 0.29) is 18.6 Å². The van der Waals surface area contributed by atoms with E-state index in [2.05, 4.69) is 15.3 Å². The van der Waals surface area contributed by atoms with Gasteiger partial charge in [0.2, 0.25) is 5.88 Å². The number of rotatable bonds is 3.